The van der Waals surface area contributed by atoms with Crippen molar-refractivity contribution in [2.45, 2.75) is 24.6 Å². The zero-order valence-corrected chi connectivity index (χ0v) is 20.4. The number of alkyl halides is 3. The van der Waals surface area contributed by atoms with Gasteiger partial charge in [-0.2, -0.15) is 23.5 Å². The normalized spacial score (nSPS) is 17.3. The molecule has 1 aliphatic rings. The maximum atomic E-state index is 13.4. The first-order valence-corrected chi connectivity index (χ1v) is 12.1. The van der Waals surface area contributed by atoms with E-state index in [2.05, 4.69) is 15.4 Å². The van der Waals surface area contributed by atoms with Crippen LogP contribution in [0.3, 0.4) is 0 Å². The molecule has 2 heterocycles. The SMILES string of the molecule is N#Cc1cccc(-n2nc(C(F)(F)F)cc2C(=O)Nc2cccc(C(O)c3ccc(C4CC4CN)nc3)c2)c1. The minimum Gasteiger partial charge on any atom is -0.384 e. The van der Waals surface area contributed by atoms with E-state index in [1.807, 2.05) is 12.1 Å². The van der Waals surface area contributed by atoms with Crippen molar-refractivity contribution < 1.29 is 23.1 Å². The highest BCUT2D eigenvalue weighted by atomic mass is 19.4. The number of aliphatic hydroxyl groups is 1. The topological polar surface area (TPSA) is 130 Å². The summed E-state index contributed by atoms with van der Waals surface area (Å²) >= 11 is 0. The number of nitrogens with zero attached hydrogens (tertiary/aromatic N) is 4. The molecule has 4 aromatic rings. The predicted octanol–water partition coefficient (Wildman–Crippen LogP) is 4.55. The molecular formula is C28H23F3N6O2. The number of pyridine rings is 1. The van der Waals surface area contributed by atoms with E-state index < -0.39 is 23.9 Å². The number of halogens is 3. The van der Waals surface area contributed by atoms with E-state index in [1.165, 1.54) is 30.3 Å². The summed E-state index contributed by atoms with van der Waals surface area (Å²) in [4.78, 5) is 17.6. The Labute approximate surface area is 221 Å². The fraction of sp³-hybridized carbons (Fsp3) is 0.214. The molecule has 0 spiro atoms. The van der Waals surface area contributed by atoms with Crippen molar-refractivity contribution in [2.75, 3.05) is 11.9 Å². The number of anilines is 1. The Bertz CT molecular complexity index is 1560. The molecule has 2 aromatic heterocycles. The molecule has 3 unspecified atom stereocenters. The van der Waals surface area contributed by atoms with E-state index in [9.17, 15) is 23.1 Å². The van der Waals surface area contributed by atoms with Crippen molar-refractivity contribution in [2.24, 2.45) is 11.7 Å². The molecule has 0 radical (unpaired) electrons. The van der Waals surface area contributed by atoms with Gasteiger partial charge in [0, 0.05) is 35.1 Å². The van der Waals surface area contributed by atoms with Crippen LogP contribution < -0.4 is 11.1 Å². The van der Waals surface area contributed by atoms with Crippen LogP contribution >= 0.6 is 0 Å². The molecule has 1 saturated carbocycles. The Morgan fingerprint density at radius 3 is 2.62 bits per heavy atom. The first-order valence-electron chi connectivity index (χ1n) is 12.1. The molecule has 8 nitrogen and oxygen atoms in total. The van der Waals surface area contributed by atoms with Gasteiger partial charge in [0.05, 0.1) is 17.3 Å². The summed E-state index contributed by atoms with van der Waals surface area (Å²) in [5, 5.41) is 26.2. The van der Waals surface area contributed by atoms with Crippen molar-refractivity contribution >= 4 is 11.6 Å². The van der Waals surface area contributed by atoms with E-state index in [1.54, 1.807) is 30.5 Å². The number of nitrogens with two attached hydrogens (primary N) is 1. The van der Waals surface area contributed by atoms with Crippen molar-refractivity contribution in [3.05, 3.63) is 107 Å². The lowest BCUT2D eigenvalue weighted by Crippen LogP contribution is -2.17. The Hall–Kier alpha value is -4.53. The number of carbonyl (C=O) groups excluding carboxylic acids is 1. The van der Waals surface area contributed by atoms with Gasteiger partial charge in [0.25, 0.3) is 5.91 Å². The number of amides is 1. The number of hydrogen-bond acceptors (Lipinski definition) is 6. The molecular weight excluding hydrogens is 509 g/mol. The maximum Gasteiger partial charge on any atom is 0.435 e. The van der Waals surface area contributed by atoms with Gasteiger partial charge in [-0.3, -0.25) is 9.78 Å². The van der Waals surface area contributed by atoms with Gasteiger partial charge in [-0.25, -0.2) is 4.68 Å². The fourth-order valence-corrected chi connectivity index (χ4v) is 4.43. The van der Waals surface area contributed by atoms with Gasteiger partial charge in [-0.15, -0.1) is 0 Å². The molecule has 11 heteroatoms. The summed E-state index contributed by atoms with van der Waals surface area (Å²) in [6.45, 7) is 0.611. The summed E-state index contributed by atoms with van der Waals surface area (Å²) < 4.78 is 41.2. The minimum atomic E-state index is -4.79. The van der Waals surface area contributed by atoms with Crippen molar-refractivity contribution in [3.63, 3.8) is 0 Å². The Balaban J connectivity index is 1.38. The largest absolute Gasteiger partial charge is 0.435 e. The number of aliphatic hydroxyl groups excluding tert-OH is 1. The lowest BCUT2D eigenvalue weighted by molar-refractivity contribution is -0.141. The van der Waals surface area contributed by atoms with Crippen LogP contribution in [0.4, 0.5) is 18.9 Å². The van der Waals surface area contributed by atoms with E-state index in [4.69, 9.17) is 11.0 Å². The second-order valence-electron chi connectivity index (χ2n) is 9.32. The summed E-state index contributed by atoms with van der Waals surface area (Å²) in [5.41, 5.74) is 6.60. The van der Waals surface area contributed by atoms with Crippen LogP contribution in [-0.2, 0) is 6.18 Å². The molecule has 3 atom stereocenters. The van der Waals surface area contributed by atoms with Crippen LogP contribution in [0.1, 0.15) is 57.0 Å². The molecule has 0 aliphatic heterocycles. The second kappa shape index (κ2) is 10.3. The third-order valence-corrected chi connectivity index (χ3v) is 6.64. The lowest BCUT2D eigenvalue weighted by atomic mass is 10.0. The summed E-state index contributed by atoms with van der Waals surface area (Å²) in [5.74, 6) is -0.0716. The monoisotopic (exact) mass is 532 g/mol. The summed E-state index contributed by atoms with van der Waals surface area (Å²) in [6.07, 6.45) is -3.22. The molecule has 39 heavy (non-hydrogen) atoms. The highest BCUT2D eigenvalue weighted by Gasteiger charge is 2.38. The highest BCUT2D eigenvalue weighted by molar-refractivity contribution is 6.03. The Morgan fingerprint density at radius 2 is 1.95 bits per heavy atom. The van der Waals surface area contributed by atoms with Crippen LogP contribution in [0.15, 0.2) is 72.9 Å². The molecule has 5 rings (SSSR count). The summed E-state index contributed by atoms with van der Waals surface area (Å²) in [6, 6.07) is 18.3. The number of nitriles is 1. The van der Waals surface area contributed by atoms with Gasteiger partial charge < -0.3 is 16.2 Å². The van der Waals surface area contributed by atoms with E-state index >= 15 is 0 Å². The molecule has 1 aliphatic carbocycles. The third-order valence-electron chi connectivity index (χ3n) is 6.64. The lowest BCUT2D eigenvalue weighted by Gasteiger charge is -2.14. The minimum absolute atomic E-state index is 0.124. The molecule has 1 amide bonds. The average Bonchev–Trinajstić information content (AvgIpc) is 3.59. The van der Waals surface area contributed by atoms with Crippen molar-refractivity contribution in [3.8, 4) is 11.8 Å². The molecule has 1 fully saturated rings. The quantitative estimate of drug-likeness (QED) is 0.320. The van der Waals surface area contributed by atoms with Gasteiger partial charge in [-0.05, 0) is 60.8 Å². The maximum absolute atomic E-state index is 13.4. The number of hydrogen-bond donors (Lipinski definition) is 3. The molecule has 0 bridgehead atoms. The number of benzene rings is 2. The number of nitrogens with one attached hydrogen (secondary N) is 1. The van der Waals surface area contributed by atoms with Crippen LogP contribution in [-0.4, -0.2) is 32.3 Å². The van der Waals surface area contributed by atoms with E-state index in [-0.39, 0.29) is 22.6 Å². The zero-order chi connectivity index (χ0) is 27.7. The van der Waals surface area contributed by atoms with Gasteiger partial charge in [-0.1, -0.05) is 24.3 Å². The van der Waals surface area contributed by atoms with E-state index in [0.29, 0.717) is 35.6 Å². The standard InChI is InChI=1S/C28H23F3N6O2/c29-28(30,31)25-12-24(37(36-25)21-6-1-3-16(9-21)13-32)27(39)35-20-5-2-4-17(10-20)26(38)18-7-8-23(34-15-18)22-11-19(22)14-33/h1-10,12,15,19,22,26,38H,11,14,33H2,(H,35,39). The van der Waals surface area contributed by atoms with Crippen LogP contribution in [0.2, 0.25) is 0 Å². The number of rotatable bonds is 7. The third kappa shape index (κ3) is 5.52. The van der Waals surface area contributed by atoms with Gasteiger partial charge in [0.1, 0.15) is 11.8 Å². The summed E-state index contributed by atoms with van der Waals surface area (Å²) in [7, 11) is 0. The highest BCUT2D eigenvalue weighted by Crippen LogP contribution is 2.45. The zero-order valence-electron chi connectivity index (χ0n) is 20.4. The second-order valence-corrected chi connectivity index (χ2v) is 9.32. The van der Waals surface area contributed by atoms with Crippen LogP contribution in [0, 0.1) is 17.2 Å². The van der Waals surface area contributed by atoms with Gasteiger partial charge >= 0.3 is 6.18 Å². The first-order chi connectivity index (χ1) is 18.7. The molecule has 4 N–H and O–H groups in total. The number of aromatic nitrogens is 3. The fourth-order valence-electron chi connectivity index (χ4n) is 4.43. The first kappa shape index (κ1) is 26.1. The average molecular weight is 533 g/mol. The molecule has 198 valence electrons. The van der Waals surface area contributed by atoms with Crippen molar-refractivity contribution in [1.29, 1.82) is 5.26 Å². The van der Waals surface area contributed by atoms with Crippen molar-refractivity contribution in [1.82, 2.24) is 14.8 Å². The Morgan fingerprint density at radius 1 is 1.15 bits per heavy atom. The predicted molar refractivity (Wildman–Crippen MR) is 136 cm³/mol. The number of carbonyl (C=O) groups is 1. The van der Waals surface area contributed by atoms with Crippen LogP contribution in [0.5, 0.6) is 0 Å². The van der Waals surface area contributed by atoms with Gasteiger partial charge in [0.15, 0.2) is 5.69 Å². The van der Waals surface area contributed by atoms with Gasteiger partial charge in [0.2, 0.25) is 0 Å². The van der Waals surface area contributed by atoms with E-state index in [0.717, 1.165) is 16.8 Å². The Kier molecular flexibility index (Phi) is 6.91. The molecule has 0 saturated heterocycles. The smallest absolute Gasteiger partial charge is 0.384 e. The van der Waals surface area contributed by atoms with Crippen LogP contribution in [0.25, 0.3) is 5.69 Å². The molecule has 2 aromatic carbocycles.